The van der Waals surface area contributed by atoms with E-state index in [-0.39, 0.29) is 5.97 Å². The summed E-state index contributed by atoms with van der Waals surface area (Å²) in [5.41, 5.74) is 0.854. The average Bonchev–Trinajstić information content (AvgIpc) is 2.64. The van der Waals surface area contributed by atoms with E-state index in [9.17, 15) is 4.79 Å². The van der Waals surface area contributed by atoms with Gasteiger partial charge in [0.2, 0.25) is 0 Å². The first-order valence-electron chi connectivity index (χ1n) is 6.48. The zero-order valence-electron chi connectivity index (χ0n) is 11.0. The highest BCUT2D eigenvalue weighted by molar-refractivity contribution is 8.00. The molecule has 2 aromatic carbocycles. The van der Waals surface area contributed by atoms with E-state index in [4.69, 9.17) is 9.47 Å². The van der Waals surface area contributed by atoms with Crippen LogP contribution in [0.3, 0.4) is 0 Å². The smallest absolute Gasteiger partial charge is 0.324 e. The normalized spacial score (nSPS) is 16.4. The summed E-state index contributed by atoms with van der Waals surface area (Å²) in [4.78, 5) is 13.2. The van der Waals surface area contributed by atoms with Crippen molar-refractivity contribution in [2.75, 3.05) is 6.61 Å². The molecule has 3 nitrogen and oxygen atoms in total. The van der Waals surface area contributed by atoms with E-state index in [2.05, 4.69) is 0 Å². The van der Waals surface area contributed by atoms with E-state index < -0.39 is 5.25 Å². The molecule has 3 rings (SSSR count). The Balaban J connectivity index is 2.08. The lowest BCUT2D eigenvalue weighted by Crippen LogP contribution is -2.13. The van der Waals surface area contributed by atoms with Gasteiger partial charge in [0.15, 0.2) is 0 Å². The van der Waals surface area contributed by atoms with E-state index in [1.165, 1.54) is 11.8 Å². The van der Waals surface area contributed by atoms with Gasteiger partial charge in [0.25, 0.3) is 0 Å². The molecule has 1 aliphatic rings. The molecular weight excluding hydrogens is 272 g/mol. The molecule has 0 aromatic heterocycles. The third kappa shape index (κ3) is 2.39. The highest BCUT2D eigenvalue weighted by Crippen LogP contribution is 2.48. The molecule has 1 aliphatic heterocycles. The summed E-state index contributed by atoms with van der Waals surface area (Å²) in [5, 5.41) is -0.394. The van der Waals surface area contributed by atoms with Crippen LogP contribution < -0.4 is 4.74 Å². The number of hydrogen-bond donors (Lipinski definition) is 0. The fraction of sp³-hybridized carbons (Fsp3) is 0.188. The number of hydrogen-bond acceptors (Lipinski definition) is 4. The highest BCUT2D eigenvalue weighted by Gasteiger charge is 2.30. The first-order valence-corrected chi connectivity index (χ1v) is 7.36. The van der Waals surface area contributed by atoms with Gasteiger partial charge in [-0.15, -0.1) is 11.8 Å². The van der Waals surface area contributed by atoms with Crippen molar-refractivity contribution in [1.29, 1.82) is 0 Å². The minimum absolute atomic E-state index is 0.231. The van der Waals surface area contributed by atoms with Gasteiger partial charge < -0.3 is 9.47 Å². The minimum Gasteiger partial charge on any atom is -0.465 e. The molecule has 102 valence electrons. The Kier molecular flexibility index (Phi) is 3.65. The lowest BCUT2D eigenvalue weighted by Gasteiger charge is -2.14. The van der Waals surface area contributed by atoms with Crippen molar-refractivity contribution in [3.63, 3.8) is 0 Å². The van der Waals surface area contributed by atoms with Gasteiger partial charge in [-0.1, -0.05) is 30.3 Å². The van der Waals surface area contributed by atoms with E-state index in [0.717, 1.165) is 16.2 Å². The number of rotatable bonds is 2. The van der Waals surface area contributed by atoms with Crippen LogP contribution in [0, 0.1) is 0 Å². The van der Waals surface area contributed by atoms with Crippen molar-refractivity contribution in [2.45, 2.75) is 17.1 Å². The molecule has 0 spiro atoms. The number of fused-ring (bicyclic) bond motifs is 2. The van der Waals surface area contributed by atoms with Gasteiger partial charge in [0.05, 0.1) is 11.5 Å². The topological polar surface area (TPSA) is 35.5 Å². The summed E-state index contributed by atoms with van der Waals surface area (Å²) in [6.07, 6.45) is 0. The molecule has 20 heavy (non-hydrogen) atoms. The van der Waals surface area contributed by atoms with Crippen molar-refractivity contribution in [1.82, 2.24) is 0 Å². The van der Waals surface area contributed by atoms with Crippen LogP contribution in [0.2, 0.25) is 0 Å². The summed E-state index contributed by atoms with van der Waals surface area (Å²) in [6, 6.07) is 15.3. The Labute approximate surface area is 121 Å². The summed E-state index contributed by atoms with van der Waals surface area (Å²) >= 11 is 1.47. The summed E-state index contributed by atoms with van der Waals surface area (Å²) in [7, 11) is 0. The number of carbonyl (C=O) groups is 1. The van der Waals surface area contributed by atoms with Gasteiger partial charge in [-0.3, -0.25) is 4.79 Å². The lowest BCUT2D eigenvalue weighted by molar-refractivity contribution is -0.142. The molecule has 0 aliphatic carbocycles. The van der Waals surface area contributed by atoms with Crippen LogP contribution >= 0.6 is 11.8 Å². The monoisotopic (exact) mass is 286 g/mol. The van der Waals surface area contributed by atoms with E-state index in [1.54, 1.807) is 0 Å². The van der Waals surface area contributed by atoms with Crippen LogP contribution in [-0.4, -0.2) is 12.6 Å². The molecule has 0 amide bonds. The first-order chi connectivity index (χ1) is 9.79. The Morgan fingerprint density at radius 3 is 2.65 bits per heavy atom. The maximum absolute atomic E-state index is 12.2. The van der Waals surface area contributed by atoms with Gasteiger partial charge in [-0.2, -0.15) is 0 Å². The zero-order chi connectivity index (χ0) is 13.9. The molecule has 0 saturated heterocycles. The van der Waals surface area contributed by atoms with E-state index >= 15 is 0 Å². The first kappa shape index (κ1) is 13.1. The molecule has 0 fully saturated rings. The summed E-state index contributed by atoms with van der Waals surface area (Å²) < 4.78 is 11.1. The third-order valence-electron chi connectivity index (χ3n) is 3.02. The lowest BCUT2D eigenvalue weighted by atomic mass is 10.1. The summed E-state index contributed by atoms with van der Waals surface area (Å²) in [5.74, 6) is 1.25. The highest BCUT2D eigenvalue weighted by atomic mass is 32.2. The standard InChI is InChI=1S/C16H14O3S/c1-2-18-16(17)15-11-7-3-4-8-12(11)19-13-9-5-6-10-14(13)20-15/h3-10,15H,2H2,1H3/t15-/m1/s1. The Morgan fingerprint density at radius 2 is 1.85 bits per heavy atom. The van der Waals surface area contributed by atoms with Crippen LogP contribution in [0.15, 0.2) is 53.4 Å². The number of benzene rings is 2. The molecule has 0 unspecified atom stereocenters. The molecule has 0 bridgehead atoms. The SMILES string of the molecule is CCOC(=O)[C@@H]1Sc2ccccc2Oc2ccccc21. The minimum atomic E-state index is -0.394. The fourth-order valence-electron chi connectivity index (χ4n) is 2.12. The maximum Gasteiger partial charge on any atom is 0.324 e. The van der Waals surface area contributed by atoms with Gasteiger partial charge >= 0.3 is 5.97 Å². The van der Waals surface area contributed by atoms with Crippen LogP contribution in [0.4, 0.5) is 0 Å². The molecule has 0 radical (unpaired) electrons. The van der Waals surface area contributed by atoms with E-state index in [1.807, 2.05) is 55.5 Å². The third-order valence-corrected chi connectivity index (χ3v) is 4.29. The van der Waals surface area contributed by atoms with Gasteiger partial charge in [0.1, 0.15) is 16.7 Å². The number of thioether (sulfide) groups is 1. The van der Waals surface area contributed by atoms with E-state index in [0.29, 0.717) is 12.4 Å². The molecule has 2 aromatic rings. The number of ether oxygens (including phenoxy) is 2. The predicted octanol–water partition coefficient (Wildman–Crippen LogP) is 4.19. The Hall–Kier alpha value is -1.94. The zero-order valence-corrected chi connectivity index (χ0v) is 11.9. The van der Waals surface area contributed by atoms with Gasteiger partial charge in [0, 0.05) is 5.56 Å². The van der Waals surface area contributed by atoms with Crippen molar-refractivity contribution < 1.29 is 14.3 Å². The molecule has 0 saturated carbocycles. The number of para-hydroxylation sites is 2. The second-order valence-electron chi connectivity index (χ2n) is 4.34. The van der Waals surface area contributed by atoms with Crippen LogP contribution in [-0.2, 0) is 9.53 Å². The average molecular weight is 286 g/mol. The number of esters is 1. The second kappa shape index (κ2) is 5.59. The predicted molar refractivity (Wildman–Crippen MR) is 78.2 cm³/mol. The number of carbonyl (C=O) groups excluding carboxylic acids is 1. The van der Waals surface area contributed by atoms with Crippen molar-refractivity contribution in [3.8, 4) is 11.5 Å². The van der Waals surface area contributed by atoms with Gasteiger partial charge in [-0.05, 0) is 25.1 Å². The maximum atomic E-state index is 12.2. The molecule has 0 N–H and O–H groups in total. The van der Waals surface area contributed by atoms with Crippen LogP contribution in [0.1, 0.15) is 17.7 Å². The van der Waals surface area contributed by atoms with Crippen LogP contribution in [0.5, 0.6) is 11.5 Å². The molecular formula is C16H14O3S. The van der Waals surface area contributed by atoms with Gasteiger partial charge in [-0.25, -0.2) is 0 Å². The molecule has 4 heteroatoms. The summed E-state index contributed by atoms with van der Waals surface area (Å²) in [6.45, 7) is 2.19. The fourth-order valence-corrected chi connectivity index (χ4v) is 3.25. The Bertz CT molecular complexity index is 639. The second-order valence-corrected chi connectivity index (χ2v) is 5.48. The van der Waals surface area contributed by atoms with Crippen molar-refractivity contribution in [3.05, 3.63) is 54.1 Å². The molecule has 1 atom stereocenters. The molecule has 1 heterocycles. The van der Waals surface area contributed by atoms with Crippen molar-refractivity contribution >= 4 is 17.7 Å². The quantitative estimate of drug-likeness (QED) is 0.775. The Morgan fingerprint density at radius 1 is 1.15 bits per heavy atom. The van der Waals surface area contributed by atoms with Crippen LogP contribution in [0.25, 0.3) is 0 Å². The largest absolute Gasteiger partial charge is 0.465 e. The van der Waals surface area contributed by atoms with Crippen molar-refractivity contribution in [2.24, 2.45) is 0 Å².